The van der Waals surface area contributed by atoms with Crippen LogP contribution in [0.5, 0.6) is 0 Å². The molecule has 2 aromatic rings. The van der Waals surface area contributed by atoms with E-state index in [2.05, 4.69) is 0 Å². The summed E-state index contributed by atoms with van der Waals surface area (Å²) in [6, 6.07) is 8.43. The summed E-state index contributed by atoms with van der Waals surface area (Å²) in [5.41, 5.74) is 8.05. The van der Waals surface area contributed by atoms with Crippen LogP contribution >= 0.6 is 0 Å². The van der Waals surface area contributed by atoms with Crippen LogP contribution in [0, 0.1) is 11.6 Å². The van der Waals surface area contributed by atoms with Gasteiger partial charge in [-0.1, -0.05) is 6.07 Å². The smallest absolute Gasteiger partial charge is 0.254 e. The zero-order chi connectivity index (χ0) is 14.3. The minimum atomic E-state index is -0.645. The number of nitrogens with two attached hydrogens (primary N) is 1. The van der Waals surface area contributed by atoms with E-state index in [4.69, 9.17) is 5.73 Å². The molecule has 1 heterocycles. The first-order chi connectivity index (χ1) is 9.52. The number of nitrogen functional groups attached to an aromatic ring is 1. The van der Waals surface area contributed by atoms with Gasteiger partial charge in [-0.2, -0.15) is 0 Å². The summed E-state index contributed by atoms with van der Waals surface area (Å²) < 4.78 is 26.3. The van der Waals surface area contributed by atoms with Crippen LogP contribution in [-0.2, 0) is 13.1 Å². The molecule has 3 rings (SSSR count). The van der Waals surface area contributed by atoms with Crippen LogP contribution in [0.15, 0.2) is 36.4 Å². The Labute approximate surface area is 114 Å². The second kappa shape index (κ2) is 4.59. The van der Waals surface area contributed by atoms with Gasteiger partial charge in [0.15, 0.2) is 0 Å². The average molecular weight is 274 g/mol. The summed E-state index contributed by atoms with van der Waals surface area (Å²) in [7, 11) is 0. The van der Waals surface area contributed by atoms with Gasteiger partial charge in [0.25, 0.3) is 5.91 Å². The molecule has 0 spiro atoms. The molecular weight excluding hydrogens is 262 g/mol. The van der Waals surface area contributed by atoms with E-state index < -0.39 is 11.6 Å². The summed E-state index contributed by atoms with van der Waals surface area (Å²) in [5.74, 6) is -1.46. The van der Waals surface area contributed by atoms with Gasteiger partial charge >= 0.3 is 0 Å². The topological polar surface area (TPSA) is 46.3 Å². The molecule has 0 aliphatic carbocycles. The van der Waals surface area contributed by atoms with Gasteiger partial charge in [0.1, 0.15) is 11.6 Å². The van der Waals surface area contributed by atoms with E-state index in [0.29, 0.717) is 23.4 Å². The van der Waals surface area contributed by atoms with Gasteiger partial charge < -0.3 is 10.6 Å². The molecule has 20 heavy (non-hydrogen) atoms. The Balaban J connectivity index is 1.85. The third-order valence-electron chi connectivity index (χ3n) is 3.31. The first kappa shape index (κ1) is 12.6. The van der Waals surface area contributed by atoms with E-state index in [1.54, 1.807) is 23.1 Å². The van der Waals surface area contributed by atoms with Crippen molar-refractivity contribution in [3.05, 3.63) is 64.7 Å². The molecule has 0 fully saturated rings. The van der Waals surface area contributed by atoms with Crippen LogP contribution in [0.4, 0.5) is 14.5 Å². The highest BCUT2D eigenvalue weighted by molar-refractivity contribution is 5.99. The molecule has 0 aromatic heterocycles. The van der Waals surface area contributed by atoms with E-state index in [0.717, 1.165) is 11.6 Å². The van der Waals surface area contributed by atoms with Gasteiger partial charge in [-0.05, 0) is 35.4 Å². The van der Waals surface area contributed by atoms with Gasteiger partial charge in [-0.25, -0.2) is 8.78 Å². The zero-order valence-electron chi connectivity index (χ0n) is 10.6. The second-order valence-electron chi connectivity index (χ2n) is 4.86. The maximum Gasteiger partial charge on any atom is 0.254 e. The Morgan fingerprint density at radius 3 is 2.50 bits per heavy atom. The molecule has 0 unspecified atom stereocenters. The van der Waals surface area contributed by atoms with Crippen molar-refractivity contribution in [2.75, 3.05) is 5.73 Å². The van der Waals surface area contributed by atoms with Crippen molar-refractivity contribution < 1.29 is 13.6 Å². The number of rotatable bonds is 2. The number of benzene rings is 2. The Bertz CT molecular complexity index is 680. The van der Waals surface area contributed by atoms with Crippen LogP contribution in [0.1, 0.15) is 21.5 Å². The van der Waals surface area contributed by atoms with E-state index in [9.17, 15) is 13.6 Å². The summed E-state index contributed by atoms with van der Waals surface area (Å²) >= 11 is 0. The lowest BCUT2D eigenvalue weighted by Gasteiger charge is -2.15. The second-order valence-corrected chi connectivity index (χ2v) is 4.86. The van der Waals surface area contributed by atoms with Crippen LogP contribution in [-0.4, -0.2) is 10.8 Å². The highest BCUT2D eigenvalue weighted by atomic mass is 19.1. The third kappa shape index (κ3) is 2.22. The molecular formula is C15H12F2N2O. The number of anilines is 1. The molecule has 0 radical (unpaired) electrons. The molecule has 2 N–H and O–H groups in total. The Kier molecular flexibility index (Phi) is 2.89. The predicted molar refractivity (Wildman–Crippen MR) is 70.8 cm³/mol. The van der Waals surface area contributed by atoms with Crippen LogP contribution in [0.3, 0.4) is 0 Å². The molecule has 102 valence electrons. The summed E-state index contributed by atoms with van der Waals surface area (Å²) in [5, 5.41) is 0. The number of hydrogen-bond donors (Lipinski definition) is 1. The fourth-order valence-electron chi connectivity index (χ4n) is 2.43. The number of carbonyl (C=O) groups is 1. The number of amides is 1. The van der Waals surface area contributed by atoms with Crippen molar-refractivity contribution in [1.82, 2.24) is 4.90 Å². The van der Waals surface area contributed by atoms with Crippen LogP contribution in [0.2, 0.25) is 0 Å². The Hall–Kier alpha value is -2.43. The largest absolute Gasteiger partial charge is 0.399 e. The SMILES string of the molecule is Nc1ccc2c(c1)C(=O)N(Cc1cc(F)cc(F)c1)C2. The maximum atomic E-state index is 13.2. The Morgan fingerprint density at radius 2 is 1.80 bits per heavy atom. The fourth-order valence-corrected chi connectivity index (χ4v) is 2.43. The molecule has 0 saturated heterocycles. The van der Waals surface area contributed by atoms with Crippen LogP contribution < -0.4 is 5.73 Å². The summed E-state index contributed by atoms with van der Waals surface area (Å²) in [6.07, 6.45) is 0. The molecule has 0 atom stereocenters. The minimum Gasteiger partial charge on any atom is -0.399 e. The number of fused-ring (bicyclic) bond motifs is 1. The molecule has 2 aromatic carbocycles. The zero-order valence-corrected chi connectivity index (χ0v) is 10.6. The normalized spacial score (nSPS) is 13.7. The van der Waals surface area contributed by atoms with Crippen molar-refractivity contribution in [3.8, 4) is 0 Å². The first-order valence-corrected chi connectivity index (χ1v) is 6.15. The van der Waals surface area contributed by atoms with E-state index in [-0.39, 0.29) is 12.5 Å². The molecule has 1 aliphatic heterocycles. The average Bonchev–Trinajstić information content (AvgIpc) is 2.65. The van der Waals surface area contributed by atoms with Gasteiger partial charge in [0.05, 0.1) is 0 Å². The van der Waals surface area contributed by atoms with Crippen molar-refractivity contribution in [3.63, 3.8) is 0 Å². The number of hydrogen-bond acceptors (Lipinski definition) is 2. The third-order valence-corrected chi connectivity index (χ3v) is 3.31. The standard InChI is InChI=1S/C15H12F2N2O/c16-11-3-9(4-12(17)5-11)7-19-8-10-1-2-13(18)6-14(10)15(19)20/h1-6H,7-8,18H2. The molecule has 0 bridgehead atoms. The Morgan fingerprint density at radius 1 is 1.10 bits per heavy atom. The number of halogens is 2. The highest BCUT2D eigenvalue weighted by Gasteiger charge is 2.27. The van der Waals surface area contributed by atoms with Crippen molar-refractivity contribution in [2.24, 2.45) is 0 Å². The maximum absolute atomic E-state index is 13.2. The van der Waals surface area contributed by atoms with Crippen LogP contribution in [0.25, 0.3) is 0 Å². The quantitative estimate of drug-likeness (QED) is 0.856. The molecule has 1 aliphatic rings. The minimum absolute atomic E-state index is 0.169. The summed E-state index contributed by atoms with van der Waals surface area (Å²) in [6.45, 7) is 0.592. The molecule has 5 heteroatoms. The first-order valence-electron chi connectivity index (χ1n) is 6.15. The van der Waals surface area contributed by atoms with E-state index >= 15 is 0 Å². The lowest BCUT2D eigenvalue weighted by Crippen LogP contribution is -2.23. The van der Waals surface area contributed by atoms with Crippen molar-refractivity contribution in [2.45, 2.75) is 13.1 Å². The lowest BCUT2D eigenvalue weighted by atomic mass is 10.1. The van der Waals surface area contributed by atoms with Gasteiger partial charge in [-0.15, -0.1) is 0 Å². The lowest BCUT2D eigenvalue weighted by molar-refractivity contribution is 0.0766. The molecule has 0 saturated carbocycles. The molecule has 3 nitrogen and oxygen atoms in total. The van der Waals surface area contributed by atoms with E-state index in [1.165, 1.54) is 12.1 Å². The van der Waals surface area contributed by atoms with Gasteiger partial charge in [-0.3, -0.25) is 4.79 Å². The number of carbonyl (C=O) groups excluding carboxylic acids is 1. The van der Waals surface area contributed by atoms with E-state index in [1.807, 2.05) is 0 Å². The fraction of sp³-hybridized carbons (Fsp3) is 0.133. The molecule has 1 amide bonds. The highest BCUT2D eigenvalue weighted by Crippen LogP contribution is 2.26. The van der Waals surface area contributed by atoms with Gasteiger partial charge in [0.2, 0.25) is 0 Å². The van der Waals surface area contributed by atoms with Crippen molar-refractivity contribution >= 4 is 11.6 Å². The van der Waals surface area contributed by atoms with Gasteiger partial charge in [0, 0.05) is 30.4 Å². The number of nitrogens with zero attached hydrogens (tertiary/aromatic N) is 1. The predicted octanol–water partition coefficient (Wildman–Crippen LogP) is 2.70. The monoisotopic (exact) mass is 274 g/mol. The summed E-state index contributed by atoms with van der Waals surface area (Å²) in [4.78, 5) is 13.7. The van der Waals surface area contributed by atoms with Crippen molar-refractivity contribution in [1.29, 1.82) is 0 Å².